The highest BCUT2D eigenvalue weighted by molar-refractivity contribution is 5.07. The van der Waals surface area contributed by atoms with Gasteiger partial charge in [0.1, 0.15) is 5.82 Å². The van der Waals surface area contributed by atoms with Crippen molar-refractivity contribution in [2.24, 2.45) is 0 Å². The van der Waals surface area contributed by atoms with Gasteiger partial charge in [0.2, 0.25) is 0 Å². The highest BCUT2D eigenvalue weighted by atomic mass is 19.4. The molecule has 6 heteroatoms. The van der Waals surface area contributed by atoms with E-state index in [2.05, 4.69) is 15.3 Å². The average molecular weight is 233 g/mol. The second kappa shape index (κ2) is 5.25. The van der Waals surface area contributed by atoms with E-state index in [1.54, 1.807) is 26.2 Å². The molecule has 0 aliphatic rings. The summed E-state index contributed by atoms with van der Waals surface area (Å²) < 4.78 is 36.3. The maximum absolute atomic E-state index is 12.1. The maximum Gasteiger partial charge on any atom is 0.389 e. The lowest BCUT2D eigenvalue weighted by atomic mass is 10.1. The van der Waals surface area contributed by atoms with E-state index in [-0.39, 0.29) is 12.5 Å². The fourth-order valence-corrected chi connectivity index (χ4v) is 1.42. The van der Waals surface area contributed by atoms with Crippen molar-refractivity contribution in [1.29, 1.82) is 0 Å². The second-order valence-corrected chi connectivity index (χ2v) is 3.52. The van der Waals surface area contributed by atoms with Gasteiger partial charge in [0.05, 0.1) is 5.69 Å². The summed E-state index contributed by atoms with van der Waals surface area (Å²) in [4.78, 5) is 8.01. The van der Waals surface area contributed by atoms with E-state index in [4.69, 9.17) is 0 Å². The summed E-state index contributed by atoms with van der Waals surface area (Å²) in [6, 6.07) is 1.24. The SMILES string of the molecule is CNC(CCC(F)(F)F)c1ccnc(C)n1. The monoisotopic (exact) mass is 233 g/mol. The van der Waals surface area contributed by atoms with Crippen LogP contribution in [0.3, 0.4) is 0 Å². The average Bonchev–Trinajstić information content (AvgIpc) is 2.17. The first-order chi connectivity index (χ1) is 7.42. The molecule has 0 saturated heterocycles. The normalized spacial score (nSPS) is 13.8. The van der Waals surface area contributed by atoms with Crippen LogP contribution in [0.4, 0.5) is 13.2 Å². The van der Waals surface area contributed by atoms with Gasteiger partial charge in [-0.1, -0.05) is 0 Å². The van der Waals surface area contributed by atoms with E-state index in [9.17, 15) is 13.2 Å². The van der Waals surface area contributed by atoms with Crippen LogP contribution < -0.4 is 5.32 Å². The van der Waals surface area contributed by atoms with Crippen LogP contribution in [0.25, 0.3) is 0 Å². The number of hydrogen-bond acceptors (Lipinski definition) is 3. The van der Waals surface area contributed by atoms with Crippen molar-refractivity contribution < 1.29 is 13.2 Å². The zero-order valence-electron chi connectivity index (χ0n) is 9.17. The fourth-order valence-electron chi connectivity index (χ4n) is 1.42. The molecule has 0 fully saturated rings. The Morgan fingerprint density at radius 2 is 2.12 bits per heavy atom. The van der Waals surface area contributed by atoms with E-state index in [0.29, 0.717) is 11.5 Å². The molecule has 90 valence electrons. The Hall–Kier alpha value is -1.17. The highest BCUT2D eigenvalue weighted by Gasteiger charge is 2.28. The molecule has 0 bridgehead atoms. The van der Waals surface area contributed by atoms with E-state index in [1.165, 1.54) is 0 Å². The van der Waals surface area contributed by atoms with Crippen molar-refractivity contribution in [3.63, 3.8) is 0 Å². The van der Waals surface area contributed by atoms with Crippen molar-refractivity contribution in [3.8, 4) is 0 Å². The zero-order chi connectivity index (χ0) is 12.2. The van der Waals surface area contributed by atoms with Gasteiger partial charge in [-0.2, -0.15) is 13.2 Å². The van der Waals surface area contributed by atoms with Crippen molar-refractivity contribution in [3.05, 3.63) is 23.8 Å². The molecule has 0 radical (unpaired) electrons. The Morgan fingerprint density at radius 3 is 2.62 bits per heavy atom. The van der Waals surface area contributed by atoms with Gasteiger partial charge in [0.15, 0.2) is 0 Å². The van der Waals surface area contributed by atoms with Crippen LogP contribution in [-0.2, 0) is 0 Å². The van der Waals surface area contributed by atoms with Gasteiger partial charge in [-0.3, -0.25) is 0 Å². The number of rotatable bonds is 4. The molecule has 1 heterocycles. The molecule has 1 aromatic heterocycles. The van der Waals surface area contributed by atoms with E-state index < -0.39 is 12.6 Å². The highest BCUT2D eigenvalue weighted by Crippen LogP contribution is 2.26. The molecular formula is C10H14F3N3. The molecular weight excluding hydrogens is 219 g/mol. The molecule has 0 amide bonds. The number of aromatic nitrogens is 2. The molecule has 3 nitrogen and oxygen atoms in total. The van der Waals surface area contributed by atoms with Gasteiger partial charge in [-0.25, -0.2) is 9.97 Å². The summed E-state index contributed by atoms with van der Waals surface area (Å²) >= 11 is 0. The van der Waals surface area contributed by atoms with Crippen LogP contribution in [0.15, 0.2) is 12.3 Å². The first kappa shape index (κ1) is 12.9. The third-order valence-corrected chi connectivity index (χ3v) is 2.22. The summed E-state index contributed by atoms with van der Waals surface area (Å²) in [7, 11) is 1.62. The van der Waals surface area contributed by atoms with E-state index in [1.807, 2.05) is 0 Å². The molecule has 0 aliphatic heterocycles. The van der Waals surface area contributed by atoms with Crippen molar-refractivity contribution in [1.82, 2.24) is 15.3 Å². The lowest BCUT2D eigenvalue weighted by Gasteiger charge is -2.16. The summed E-state index contributed by atoms with van der Waals surface area (Å²) in [5, 5.41) is 2.83. The number of hydrogen-bond donors (Lipinski definition) is 1. The molecule has 0 spiro atoms. The Kier molecular flexibility index (Phi) is 4.23. The van der Waals surface area contributed by atoms with Crippen LogP contribution in [0.2, 0.25) is 0 Å². The van der Waals surface area contributed by atoms with E-state index >= 15 is 0 Å². The molecule has 0 aliphatic carbocycles. The maximum atomic E-state index is 12.1. The van der Waals surface area contributed by atoms with Gasteiger partial charge < -0.3 is 5.32 Å². The number of nitrogens with one attached hydrogen (secondary N) is 1. The van der Waals surface area contributed by atoms with Crippen LogP contribution in [0.1, 0.15) is 30.4 Å². The standard InChI is InChI=1S/C10H14F3N3/c1-7-15-6-4-9(16-7)8(14-2)3-5-10(11,12)13/h4,6,8,14H,3,5H2,1-2H3. The molecule has 1 aromatic rings. The smallest absolute Gasteiger partial charge is 0.312 e. The van der Waals surface area contributed by atoms with E-state index in [0.717, 1.165) is 0 Å². The Morgan fingerprint density at radius 1 is 1.44 bits per heavy atom. The summed E-state index contributed by atoms with van der Waals surface area (Å²) in [6.45, 7) is 1.71. The summed E-state index contributed by atoms with van der Waals surface area (Å²) in [5.41, 5.74) is 0.597. The van der Waals surface area contributed by atoms with Gasteiger partial charge >= 0.3 is 6.18 Å². The second-order valence-electron chi connectivity index (χ2n) is 3.52. The predicted octanol–water partition coefficient (Wildman–Crippen LogP) is 2.39. The van der Waals surface area contributed by atoms with Gasteiger partial charge in [0, 0.05) is 18.7 Å². The molecule has 1 N–H and O–H groups in total. The third kappa shape index (κ3) is 4.14. The number of alkyl halides is 3. The van der Waals surface area contributed by atoms with Gasteiger partial charge in [-0.15, -0.1) is 0 Å². The first-order valence-corrected chi connectivity index (χ1v) is 4.96. The summed E-state index contributed by atoms with van der Waals surface area (Å²) in [6.07, 6.45) is -3.41. The van der Waals surface area contributed by atoms with Crippen LogP contribution in [-0.4, -0.2) is 23.2 Å². The minimum Gasteiger partial charge on any atom is -0.312 e. The minimum absolute atomic E-state index is 0.0174. The molecule has 0 aromatic carbocycles. The van der Waals surface area contributed by atoms with Crippen molar-refractivity contribution >= 4 is 0 Å². The number of halogens is 3. The predicted molar refractivity (Wildman–Crippen MR) is 53.9 cm³/mol. The third-order valence-electron chi connectivity index (χ3n) is 2.22. The van der Waals surface area contributed by atoms with Crippen molar-refractivity contribution in [2.45, 2.75) is 32.0 Å². The lowest BCUT2D eigenvalue weighted by molar-refractivity contribution is -0.136. The molecule has 0 saturated carbocycles. The molecule has 1 rings (SSSR count). The Labute approximate surface area is 92.1 Å². The zero-order valence-corrected chi connectivity index (χ0v) is 9.17. The fraction of sp³-hybridized carbons (Fsp3) is 0.600. The molecule has 1 unspecified atom stereocenters. The number of nitrogens with zero attached hydrogens (tertiary/aromatic N) is 2. The topological polar surface area (TPSA) is 37.8 Å². The molecule has 1 atom stereocenters. The van der Waals surface area contributed by atoms with Crippen LogP contribution >= 0.6 is 0 Å². The lowest BCUT2D eigenvalue weighted by Crippen LogP contribution is -2.21. The Bertz CT molecular complexity index is 338. The van der Waals surface area contributed by atoms with Crippen LogP contribution in [0.5, 0.6) is 0 Å². The minimum atomic E-state index is -4.13. The van der Waals surface area contributed by atoms with Gasteiger partial charge in [0.25, 0.3) is 0 Å². The van der Waals surface area contributed by atoms with Gasteiger partial charge in [-0.05, 0) is 26.5 Å². The number of aryl methyl sites for hydroxylation is 1. The first-order valence-electron chi connectivity index (χ1n) is 4.96. The Balaban J connectivity index is 2.68. The van der Waals surface area contributed by atoms with Crippen LogP contribution in [0, 0.1) is 6.92 Å². The van der Waals surface area contributed by atoms with Crippen molar-refractivity contribution in [2.75, 3.05) is 7.05 Å². The quantitative estimate of drug-likeness (QED) is 0.867. The largest absolute Gasteiger partial charge is 0.389 e. The summed E-state index contributed by atoms with van der Waals surface area (Å²) in [5.74, 6) is 0.560. The molecule has 16 heavy (non-hydrogen) atoms.